The fourth-order valence-electron chi connectivity index (χ4n) is 3.37. The van der Waals surface area contributed by atoms with Crippen LogP contribution in [0.2, 0.25) is 0 Å². The van der Waals surface area contributed by atoms with E-state index in [-0.39, 0.29) is 17.6 Å². The predicted octanol–water partition coefficient (Wildman–Crippen LogP) is 2.08. The van der Waals surface area contributed by atoms with Crippen molar-refractivity contribution in [2.45, 2.75) is 18.5 Å². The van der Waals surface area contributed by atoms with Gasteiger partial charge in [-0.15, -0.1) is 0 Å². The molecular formula is C21H22N4O2. The van der Waals surface area contributed by atoms with Crippen LogP contribution in [0.4, 0.5) is 0 Å². The van der Waals surface area contributed by atoms with Gasteiger partial charge in [-0.2, -0.15) is 5.10 Å². The number of aromatic nitrogens is 3. The van der Waals surface area contributed by atoms with Crippen LogP contribution in [0.25, 0.3) is 11.3 Å². The Morgan fingerprint density at radius 1 is 1.04 bits per heavy atom. The van der Waals surface area contributed by atoms with Crippen molar-refractivity contribution in [3.8, 4) is 11.3 Å². The molecule has 0 radical (unpaired) electrons. The van der Waals surface area contributed by atoms with Gasteiger partial charge in [0, 0.05) is 24.0 Å². The van der Waals surface area contributed by atoms with Gasteiger partial charge in [-0.3, -0.25) is 9.78 Å². The van der Waals surface area contributed by atoms with Gasteiger partial charge in [-0.05, 0) is 36.7 Å². The van der Waals surface area contributed by atoms with Crippen molar-refractivity contribution in [2.75, 3.05) is 19.8 Å². The van der Waals surface area contributed by atoms with Crippen LogP contribution < -0.4 is 10.9 Å². The highest BCUT2D eigenvalue weighted by Gasteiger charge is 2.31. The molecule has 1 fully saturated rings. The Bertz CT molecular complexity index is 928. The fraction of sp³-hybridized carbons (Fsp3) is 0.286. The Morgan fingerprint density at radius 3 is 2.67 bits per heavy atom. The molecule has 1 aliphatic rings. The standard InChI is InChI=1S/C21H22N4O2/c26-21-7-6-18(17-9-11-22-12-10-17)24-25(21)20-15-27-14-19(20)23-13-8-16-4-2-1-3-5-16/h1-7,9-12,19-20,23H,8,13-15H2. The zero-order valence-corrected chi connectivity index (χ0v) is 15.0. The molecule has 1 saturated heterocycles. The molecule has 1 aliphatic heterocycles. The second kappa shape index (κ2) is 8.24. The zero-order chi connectivity index (χ0) is 18.5. The fourth-order valence-corrected chi connectivity index (χ4v) is 3.37. The molecule has 0 amide bonds. The van der Waals surface area contributed by atoms with Gasteiger partial charge in [-0.25, -0.2) is 4.68 Å². The molecule has 3 heterocycles. The minimum atomic E-state index is -0.116. The van der Waals surface area contributed by atoms with E-state index in [2.05, 4.69) is 27.5 Å². The molecule has 0 spiro atoms. The lowest BCUT2D eigenvalue weighted by molar-refractivity contribution is 0.181. The molecule has 0 bridgehead atoms. The quantitative estimate of drug-likeness (QED) is 0.727. The number of nitrogens with zero attached hydrogens (tertiary/aromatic N) is 3. The number of benzene rings is 1. The molecule has 2 atom stereocenters. The Kier molecular flexibility index (Phi) is 5.37. The summed E-state index contributed by atoms with van der Waals surface area (Å²) in [6.07, 6.45) is 4.38. The number of hydrogen-bond acceptors (Lipinski definition) is 5. The minimum absolute atomic E-state index is 0.0617. The summed E-state index contributed by atoms with van der Waals surface area (Å²) in [6.45, 7) is 1.89. The summed E-state index contributed by atoms with van der Waals surface area (Å²) in [5, 5.41) is 8.13. The number of ether oxygens (including phenoxy) is 1. The van der Waals surface area contributed by atoms with Crippen molar-refractivity contribution in [3.63, 3.8) is 0 Å². The van der Waals surface area contributed by atoms with Crippen LogP contribution in [-0.2, 0) is 11.2 Å². The Balaban J connectivity index is 1.49. The lowest BCUT2D eigenvalue weighted by Crippen LogP contribution is -2.42. The largest absolute Gasteiger partial charge is 0.377 e. The first kappa shape index (κ1) is 17.6. The third kappa shape index (κ3) is 4.13. The number of pyridine rings is 1. The van der Waals surface area contributed by atoms with Gasteiger partial charge < -0.3 is 10.1 Å². The van der Waals surface area contributed by atoms with Crippen LogP contribution in [0.3, 0.4) is 0 Å². The number of rotatable bonds is 6. The second-order valence-corrected chi connectivity index (χ2v) is 6.64. The molecule has 2 aromatic heterocycles. The van der Waals surface area contributed by atoms with Crippen LogP contribution in [0.15, 0.2) is 71.8 Å². The van der Waals surface area contributed by atoms with E-state index in [1.165, 1.54) is 5.56 Å². The van der Waals surface area contributed by atoms with E-state index in [9.17, 15) is 4.79 Å². The Morgan fingerprint density at radius 2 is 1.85 bits per heavy atom. The van der Waals surface area contributed by atoms with E-state index in [0.29, 0.717) is 13.2 Å². The average molecular weight is 362 g/mol. The van der Waals surface area contributed by atoms with Crippen molar-refractivity contribution in [1.82, 2.24) is 20.1 Å². The smallest absolute Gasteiger partial charge is 0.267 e. The van der Waals surface area contributed by atoms with Crippen LogP contribution in [-0.4, -0.2) is 40.6 Å². The van der Waals surface area contributed by atoms with E-state index in [1.54, 1.807) is 29.2 Å². The highest BCUT2D eigenvalue weighted by molar-refractivity contribution is 5.57. The number of hydrogen-bond donors (Lipinski definition) is 1. The lowest BCUT2D eigenvalue weighted by Gasteiger charge is -2.21. The molecule has 0 saturated carbocycles. The molecule has 6 nitrogen and oxygen atoms in total. The van der Waals surface area contributed by atoms with E-state index >= 15 is 0 Å². The van der Waals surface area contributed by atoms with Gasteiger partial charge in [-0.1, -0.05) is 30.3 Å². The van der Waals surface area contributed by atoms with Gasteiger partial charge in [0.1, 0.15) is 0 Å². The predicted molar refractivity (Wildman–Crippen MR) is 104 cm³/mol. The van der Waals surface area contributed by atoms with Crippen molar-refractivity contribution in [3.05, 3.63) is 82.9 Å². The normalized spacial score (nSPS) is 19.3. The Labute approximate surface area is 157 Å². The summed E-state index contributed by atoms with van der Waals surface area (Å²) in [6, 6.07) is 17.4. The Hall–Kier alpha value is -2.83. The molecule has 138 valence electrons. The van der Waals surface area contributed by atoms with Gasteiger partial charge >= 0.3 is 0 Å². The van der Waals surface area contributed by atoms with Crippen LogP contribution in [0.1, 0.15) is 11.6 Å². The zero-order valence-electron chi connectivity index (χ0n) is 15.0. The molecule has 4 rings (SSSR count). The molecule has 1 N–H and O–H groups in total. The van der Waals surface area contributed by atoms with Gasteiger partial charge in [0.2, 0.25) is 0 Å². The monoisotopic (exact) mass is 362 g/mol. The van der Waals surface area contributed by atoms with Crippen molar-refractivity contribution in [1.29, 1.82) is 0 Å². The van der Waals surface area contributed by atoms with Gasteiger partial charge in [0.05, 0.1) is 31.0 Å². The number of nitrogens with one attached hydrogen (secondary N) is 1. The van der Waals surface area contributed by atoms with Crippen LogP contribution >= 0.6 is 0 Å². The van der Waals surface area contributed by atoms with Crippen LogP contribution in [0.5, 0.6) is 0 Å². The van der Waals surface area contributed by atoms with E-state index < -0.39 is 0 Å². The van der Waals surface area contributed by atoms with Gasteiger partial charge in [0.15, 0.2) is 0 Å². The summed E-state index contributed by atoms with van der Waals surface area (Å²) >= 11 is 0. The van der Waals surface area contributed by atoms with E-state index in [4.69, 9.17) is 4.74 Å². The van der Waals surface area contributed by atoms with Crippen LogP contribution in [0, 0.1) is 0 Å². The summed E-state index contributed by atoms with van der Waals surface area (Å²) in [7, 11) is 0. The molecule has 2 unspecified atom stereocenters. The molecule has 0 aliphatic carbocycles. The van der Waals surface area contributed by atoms with E-state index in [0.717, 1.165) is 24.2 Å². The molecule has 1 aromatic carbocycles. The van der Waals surface area contributed by atoms with Crippen molar-refractivity contribution >= 4 is 0 Å². The maximum Gasteiger partial charge on any atom is 0.267 e. The first-order valence-electron chi connectivity index (χ1n) is 9.16. The third-order valence-electron chi connectivity index (χ3n) is 4.83. The third-order valence-corrected chi connectivity index (χ3v) is 4.83. The highest BCUT2D eigenvalue weighted by Crippen LogP contribution is 2.20. The maximum absolute atomic E-state index is 12.4. The summed E-state index contributed by atoms with van der Waals surface area (Å²) in [5.41, 5.74) is 2.87. The minimum Gasteiger partial charge on any atom is -0.377 e. The molecular weight excluding hydrogens is 340 g/mol. The average Bonchev–Trinajstić information content (AvgIpc) is 3.18. The first-order chi connectivity index (χ1) is 13.3. The topological polar surface area (TPSA) is 69.0 Å². The molecule has 6 heteroatoms. The molecule has 3 aromatic rings. The van der Waals surface area contributed by atoms with Crippen molar-refractivity contribution in [2.24, 2.45) is 0 Å². The lowest BCUT2D eigenvalue weighted by atomic mass is 10.1. The SMILES string of the molecule is O=c1ccc(-c2ccncc2)nn1C1COCC1NCCc1ccccc1. The molecule has 27 heavy (non-hydrogen) atoms. The van der Waals surface area contributed by atoms with Crippen molar-refractivity contribution < 1.29 is 4.74 Å². The van der Waals surface area contributed by atoms with E-state index in [1.807, 2.05) is 30.3 Å². The van der Waals surface area contributed by atoms with Gasteiger partial charge in [0.25, 0.3) is 5.56 Å². The summed E-state index contributed by atoms with van der Waals surface area (Å²) in [5.74, 6) is 0. The summed E-state index contributed by atoms with van der Waals surface area (Å²) < 4.78 is 7.21. The first-order valence-corrected chi connectivity index (χ1v) is 9.16. The summed E-state index contributed by atoms with van der Waals surface area (Å²) in [4.78, 5) is 16.5. The second-order valence-electron chi connectivity index (χ2n) is 6.64. The maximum atomic E-state index is 12.4. The highest BCUT2D eigenvalue weighted by atomic mass is 16.5.